The average Bonchev–Trinajstić information content (AvgIpc) is 2.79. The van der Waals surface area contributed by atoms with Gasteiger partial charge < -0.3 is 0 Å². The second-order valence-electron chi connectivity index (χ2n) is 5.64. The summed E-state index contributed by atoms with van der Waals surface area (Å²) in [4.78, 5) is 0. The van der Waals surface area contributed by atoms with E-state index < -0.39 is 15.3 Å². The van der Waals surface area contributed by atoms with Gasteiger partial charge in [-0.1, -0.05) is 29.3 Å². The first-order valence-electron chi connectivity index (χ1n) is 6.58. The van der Waals surface area contributed by atoms with Crippen LogP contribution in [-0.2, 0) is 16.3 Å². The lowest BCUT2D eigenvalue weighted by Gasteiger charge is -2.35. The number of hydrogen-bond donors (Lipinski definition) is 0. The molecule has 2 rings (SSSR count). The molecule has 0 aromatic heterocycles. The maximum Gasteiger partial charge on any atom is 0.150 e. The van der Waals surface area contributed by atoms with Gasteiger partial charge in [0.1, 0.15) is 0 Å². The van der Waals surface area contributed by atoms with Crippen molar-refractivity contribution in [3.8, 4) is 0 Å². The van der Waals surface area contributed by atoms with E-state index in [4.69, 9.17) is 46.4 Å². The number of rotatable bonds is 5. The summed E-state index contributed by atoms with van der Waals surface area (Å²) in [6, 6.07) is 5.29. The summed E-state index contributed by atoms with van der Waals surface area (Å²) >= 11 is 24.5. The van der Waals surface area contributed by atoms with Crippen molar-refractivity contribution in [1.82, 2.24) is 0 Å². The molecule has 118 valence electrons. The predicted octanol–water partition coefficient (Wildman–Crippen LogP) is 4.43. The van der Waals surface area contributed by atoms with Crippen LogP contribution in [0.15, 0.2) is 18.2 Å². The Balaban J connectivity index is 2.30. The lowest BCUT2D eigenvalue weighted by Crippen LogP contribution is -2.37. The molecular formula is C14H16Cl4O2S. The van der Waals surface area contributed by atoms with Gasteiger partial charge in [-0.05, 0) is 36.5 Å². The molecule has 1 atom stereocenters. The first-order valence-corrected chi connectivity index (χ1v) is 10.2. The minimum atomic E-state index is -2.98. The zero-order valence-corrected chi connectivity index (χ0v) is 15.1. The highest BCUT2D eigenvalue weighted by Crippen LogP contribution is 2.42. The second-order valence-corrected chi connectivity index (χ2v) is 9.25. The Kier molecular flexibility index (Phi) is 5.76. The molecule has 1 aromatic rings. The van der Waals surface area contributed by atoms with Crippen LogP contribution in [0, 0.1) is 11.3 Å². The predicted molar refractivity (Wildman–Crippen MR) is 90.8 cm³/mol. The number of sulfone groups is 1. The molecule has 1 aliphatic heterocycles. The van der Waals surface area contributed by atoms with E-state index in [1.54, 1.807) is 12.1 Å². The summed E-state index contributed by atoms with van der Waals surface area (Å²) in [5.41, 5.74) is 0.427. The van der Waals surface area contributed by atoms with E-state index in [0.29, 0.717) is 34.6 Å². The standard InChI is InChI=1S/C14H16Cl4O2S/c15-8-14(9-16,11-3-4-21(19,20)7-11)6-10-1-2-12(17)5-13(10)18/h1-2,5,11H,3-4,6-9H2. The van der Waals surface area contributed by atoms with Gasteiger partial charge in [0.15, 0.2) is 9.84 Å². The van der Waals surface area contributed by atoms with Crippen LogP contribution < -0.4 is 0 Å². The maximum atomic E-state index is 11.8. The molecule has 0 amide bonds. The summed E-state index contributed by atoms with van der Waals surface area (Å²) < 4.78 is 23.5. The molecule has 0 saturated carbocycles. The third-order valence-electron chi connectivity index (χ3n) is 4.19. The Morgan fingerprint density at radius 2 is 1.86 bits per heavy atom. The van der Waals surface area contributed by atoms with E-state index >= 15 is 0 Å². The van der Waals surface area contributed by atoms with Crippen LogP contribution in [-0.4, -0.2) is 31.7 Å². The first-order chi connectivity index (χ1) is 9.82. The Bertz CT molecular complexity index is 611. The summed E-state index contributed by atoms with van der Waals surface area (Å²) in [6.07, 6.45) is 1.16. The van der Waals surface area contributed by atoms with Crippen LogP contribution >= 0.6 is 46.4 Å². The van der Waals surface area contributed by atoms with Crippen molar-refractivity contribution in [2.45, 2.75) is 12.8 Å². The second kappa shape index (κ2) is 6.84. The van der Waals surface area contributed by atoms with Gasteiger partial charge in [0, 0.05) is 27.2 Å². The molecule has 21 heavy (non-hydrogen) atoms. The number of benzene rings is 1. The van der Waals surface area contributed by atoms with Gasteiger partial charge in [-0.25, -0.2) is 8.42 Å². The van der Waals surface area contributed by atoms with Crippen LogP contribution in [0.2, 0.25) is 10.0 Å². The molecule has 0 spiro atoms. The Morgan fingerprint density at radius 3 is 2.33 bits per heavy atom. The van der Waals surface area contributed by atoms with Crippen molar-refractivity contribution in [2.75, 3.05) is 23.3 Å². The quantitative estimate of drug-likeness (QED) is 0.697. The molecule has 0 radical (unpaired) electrons. The largest absolute Gasteiger partial charge is 0.229 e. The molecule has 7 heteroatoms. The van der Waals surface area contributed by atoms with Crippen molar-refractivity contribution in [3.63, 3.8) is 0 Å². The summed E-state index contributed by atoms with van der Waals surface area (Å²) in [5, 5.41) is 1.12. The molecular weight excluding hydrogens is 374 g/mol. The molecule has 2 nitrogen and oxygen atoms in total. The van der Waals surface area contributed by atoms with Gasteiger partial charge in [0.05, 0.1) is 11.5 Å². The van der Waals surface area contributed by atoms with E-state index in [9.17, 15) is 8.42 Å². The Hall–Kier alpha value is 0.330. The third-order valence-corrected chi connectivity index (χ3v) is 7.61. The third kappa shape index (κ3) is 4.00. The molecule has 0 aliphatic carbocycles. The molecule has 1 saturated heterocycles. The van der Waals surface area contributed by atoms with Crippen LogP contribution in [0.25, 0.3) is 0 Å². The fraction of sp³-hybridized carbons (Fsp3) is 0.571. The molecule has 1 unspecified atom stereocenters. The van der Waals surface area contributed by atoms with Crippen LogP contribution in [0.5, 0.6) is 0 Å². The van der Waals surface area contributed by atoms with Crippen molar-refractivity contribution in [1.29, 1.82) is 0 Å². The number of halogens is 4. The van der Waals surface area contributed by atoms with Crippen LogP contribution in [0.3, 0.4) is 0 Å². The highest BCUT2D eigenvalue weighted by molar-refractivity contribution is 7.91. The van der Waals surface area contributed by atoms with Gasteiger partial charge in [-0.2, -0.15) is 0 Å². The monoisotopic (exact) mass is 388 g/mol. The molecule has 0 bridgehead atoms. The van der Waals surface area contributed by atoms with E-state index in [2.05, 4.69) is 0 Å². The molecule has 1 aliphatic rings. The summed E-state index contributed by atoms with van der Waals surface area (Å²) in [7, 11) is -2.98. The zero-order chi connectivity index (χ0) is 15.7. The van der Waals surface area contributed by atoms with Gasteiger partial charge in [-0.15, -0.1) is 23.2 Å². The van der Waals surface area contributed by atoms with Gasteiger partial charge >= 0.3 is 0 Å². The first kappa shape index (κ1) is 17.7. The fourth-order valence-corrected chi connectivity index (χ4v) is 6.15. The highest BCUT2D eigenvalue weighted by Gasteiger charge is 2.44. The van der Waals surface area contributed by atoms with E-state index in [1.165, 1.54) is 0 Å². The normalized spacial score (nSPS) is 21.6. The van der Waals surface area contributed by atoms with Crippen LogP contribution in [0.4, 0.5) is 0 Å². The van der Waals surface area contributed by atoms with Crippen molar-refractivity contribution < 1.29 is 8.42 Å². The van der Waals surface area contributed by atoms with E-state index in [0.717, 1.165) is 5.56 Å². The zero-order valence-electron chi connectivity index (χ0n) is 11.3. The minimum Gasteiger partial charge on any atom is -0.229 e. The van der Waals surface area contributed by atoms with Crippen molar-refractivity contribution in [3.05, 3.63) is 33.8 Å². The average molecular weight is 390 g/mol. The highest BCUT2D eigenvalue weighted by atomic mass is 35.5. The molecule has 1 heterocycles. The van der Waals surface area contributed by atoms with Gasteiger partial charge in [0.2, 0.25) is 0 Å². The maximum absolute atomic E-state index is 11.8. The van der Waals surface area contributed by atoms with Crippen molar-refractivity contribution >= 4 is 56.2 Å². The summed E-state index contributed by atoms with van der Waals surface area (Å²) in [6.45, 7) is 0. The topological polar surface area (TPSA) is 34.1 Å². The molecule has 0 N–H and O–H groups in total. The van der Waals surface area contributed by atoms with Gasteiger partial charge in [0.25, 0.3) is 0 Å². The number of hydrogen-bond acceptors (Lipinski definition) is 2. The van der Waals surface area contributed by atoms with E-state index in [1.807, 2.05) is 6.07 Å². The van der Waals surface area contributed by atoms with Gasteiger partial charge in [-0.3, -0.25) is 0 Å². The smallest absolute Gasteiger partial charge is 0.150 e. The number of alkyl halides is 2. The van der Waals surface area contributed by atoms with E-state index in [-0.39, 0.29) is 17.4 Å². The summed E-state index contributed by atoms with van der Waals surface area (Å²) in [5.74, 6) is 0.925. The van der Waals surface area contributed by atoms with Crippen molar-refractivity contribution in [2.24, 2.45) is 11.3 Å². The lowest BCUT2D eigenvalue weighted by atomic mass is 9.73. The van der Waals surface area contributed by atoms with Crippen LogP contribution in [0.1, 0.15) is 12.0 Å². The molecule has 1 fully saturated rings. The Morgan fingerprint density at radius 1 is 1.19 bits per heavy atom. The lowest BCUT2D eigenvalue weighted by molar-refractivity contribution is 0.245. The Labute approximate surface area is 145 Å². The SMILES string of the molecule is O=S1(=O)CCC(C(CCl)(CCl)Cc2ccc(Cl)cc2Cl)C1. The molecule has 1 aromatic carbocycles. The fourth-order valence-electron chi connectivity index (χ4n) is 2.82. The minimum absolute atomic E-state index is 0.0377.